The van der Waals surface area contributed by atoms with E-state index in [9.17, 15) is 4.79 Å². The lowest BCUT2D eigenvalue weighted by Gasteiger charge is -2.11. The number of carbonyl (C=O) groups excluding carboxylic acids is 1. The van der Waals surface area contributed by atoms with Crippen molar-refractivity contribution in [2.45, 2.75) is 32.6 Å². The largest absolute Gasteiger partial charge is 0.397 e. The van der Waals surface area contributed by atoms with Gasteiger partial charge in [0.05, 0.1) is 11.4 Å². The molecule has 0 radical (unpaired) electrons. The summed E-state index contributed by atoms with van der Waals surface area (Å²) in [5.41, 5.74) is 7.97. The van der Waals surface area contributed by atoms with E-state index in [2.05, 4.69) is 10.6 Å². The predicted octanol–water partition coefficient (Wildman–Crippen LogP) is 1.98. The van der Waals surface area contributed by atoms with Gasteiger partial charge in [0.25, 0.3) is 5.91 Å². The molecular formula is C15H25N3O2. The third-order valence-corrected chi connectivity index (χ3v) is 3.05. The number of anilines is 2. The van der Waals surface area contributed by atoms with E-state index in [-0.39, 0.29) is 12.5 Å². The maximum Gasteiger partial charge on any atom is 0.251 e. The number of unbranched alkanes of at least 4 members (excludes halogenated alkanes) is 3. The van der Waals surface area contributed by atoms with E-state index < -0.39 is 0 Å². The van der Waals surface area contributed by atoms with Crippen LogP contribution in [0.25, 0.3) is 0 Å². The Hall–Kier alpha value is -1.75. The normalized spacial score (nSPS) is 10.3. The smallest absolute Gasteiger partial charge is 0.251 e. The van der Waals surface area contributed by atoms with Crippen LogP contribution in [-0.4, -0.2) is 30.7 Å². The molecular weight excluding hydrogens is 254 g/mol. The van der Waals surface area contributed by atoms with E-state index in [0.29, 0.717) is 17.8 Å². The Kier molecular flexibility index (Phi) is 7.50. The molecule has 0 heterocycles. The van der Waals surface area contributed by atoms with Crippen LogP contribution in [0.15, 0.2) is 18.2 Å². The van der Waals surface area contributed by atoms with Crippen molar-refractivity contribution in [3.05, 3.63) is 23.8 Å². The Bertz CT molecular complexity index is 422. The van der Waals surface area contributed by atoms with E-state index in [4.69, 9.17) is 10.8 Å². The van der Waals surface area contributed by atoms with Crippen molar-refractivity contribution in [2.24, 2.45) is 0 Å². The van der Waals surface area contributed by atoms with Crippen molar-refractivity contribution in [3.63, 3.8) is 0 Å². The SMILES string of the molecule is CCNC(=O)c1ccc(NCCCCCCO)c(N)c1. The average Bonchev–Trinajstić information content (AvgIpc) is 2.44. The summed E-state index contributed by atoms with van der Waals surface area (Å²) in [5.74, 6) is -0.102. The first-order valence-corrected chi connectivity index (χ1v) is 7.21. The Morgan fingerprint density at radius 1 is 1.25 bits per heavy atom. The molecule has 0 saturated heterocycles. The van der Waals surface area contributed by atoms with Crippen LogP contribution in [0.1, 0.15) is 43.0 Å². The minimum absolute atomic E-state index is 0.102. The highest BCUT2D eigenvalue weighted by Crippen LogP contribution is 2.20. The molecule has 0 fully saturated rings. The van der Waals surface area contributed by atoms with Gasteiger partial charge in [0.1, 0.15) is 0 Å². The number of rotatable bonds is 9. The molecule has 0 unspecified atom stereocenters. The molecule has 0 aliphatic rings. The molecule has 0 atom stereocenters. The van der Waals surface area contributed by atoms with Gasteiger partial charge in [-0.1, -0.05) is 12.8 Å². The molecule has 0 spiro atoms. The Morgan fingerprint density at radius 2 is 2.00 bits per heavy atom. The summed E-state index contributed by atoms with van der Waals surface area (Å²) in [6.45, 7) is 3.60. The van der Waals surface area contributed by atoms with Crippen LogP contribution in [0.2, 0.25) is 0 Å². The van der Waals surface area contributed by atoms with Crippen LogP contribution in [-0.2, 0) is 0 Å². The van der Waals surface area contributed by atoms with Crippen molar-refractivity contribution in [1.82, 2.24) is 5.32 Å². The second kappa shape index (κ2) is 9.20. The summed E-state index contributed by atoms with van der Waals surface area (Å²) >= 11 is 0. The number of aliphatic hydroxyl groups excluding tert-OH is 1. The molecule has 0 saturated carbocycles. The zero-order chi connectivity index (χ0) is 14.8. The van der Waals surface area contributed by atoms with Crippen LogP contribution in [0.3, 0.4) is 0 Å². The molecule has 0 aliphatic carbocycles. The first kappa shape index (κ1) is 16.3. The number of nitrogens with one attached hydrogen (secondary N) is 2. The quantitative estimate of drug-likeness (QED) is 0.411. The van der Waals surface area contributed by atoms with E-state index in [1.165, 1.54) is 0 Å². The van der Waals surface area contributed by atoms with Gasteiger partial charge in [-0.05, 0) is 38.0 Å². The monoisotopic (exact) mass is 279 g/mol. The van der Waals surface area contributed by atoms with Crippen LogP contribution in [0.5, 0.6) is 0 Å². The molecule has 20 heavy (non-hydrogen) atoms. The lowest BCUT2D eigenvalue weighted by atomic mass is 10.1. The number of aliphatic hydroxyl groups is 1. The summed E-state index contributed by atoms with van der Waals surface area (Å²) in [4.78, 5) is 11.7. The summed E-state index contributed by atoms with van der Waals surface area (Å²) < 4.78 is 0. The van der Waals surface area contributed by atoms with Gasteiger partial charge in [0.15, 0.2) is 0 Å². The highest BCUT2D eigenvalue weighted by molar-refractivity contribution is 5.96. The van der Waals surface area contributed by atoms with E-state index in [0.717, 1.165) is 37.9 Å². The molecule has 5 N–H and O–H groups in total. The third-order valence-electron chi connectivity index (χ3n) is 3.05. The second-order valence-electron chi connectivity index (χ2n) is 4.73. The van der Waals surface area contributed by atoms with Gasteiger partial charge in [-0.15, -0.1) is 0 Å². The zero-order valence-corrected chi connectivity index (χ0v) is 12.1. The van der Waals surface area contributed by atoms with Gasteiger partial charge < -0.3 is 21.5 Å². The van der Waals surface area contributed by atoms with Gasteiger partial charge in [-0.2, -0.15) is 0 Å². The van der Waals surface area contributed by atoms with Crippen molar-refractivity contribution >= 4 is 17.3 Å². The number of nitrogen functional groups attached to an aromatic ring is 1. The molecule has 0 aromatic heterocycles. The van der Waals surface area contributed by atoms with E-state index in [1.807, 2.05) is 13.0 Å². The number of amides is 1. The zero-order valence-electron chi connectivity index (χ0n) is 12.1. The van der Waals surface area contributed by atoms with Crippen LogP contribution in [0, 0.1) is 0 Å². The fourth-order valence-corrected chi connectivity index (χ4v) is 1.94. The molecule has 1 aromatic carbocycles. The summed E-state index contributed by atoms with van der Waals surface area (Å²) in [7, 11) is 0. The number of carbonyl (C=O) groups is 1. The van der Waals surface area contributed by atoms with Crippen molar-refractivity contribution in [2.75, 3.05) is 30.7 Å². The van der Waals surface area contributed by atoms with Gasteiger partial charge in [0, 0.05) is 25.3 Å². The van der Waals surface area contributed by atoms with Crippen molar-refractivity contribution in [3.8, 4) is 0 Å². The molecule has 1 aromatic rings. The average molecular weight is 279 g/mol. The van der Waals surface area contributed by atoms with Gasteiger partial charge in [-0.3, -0.25) is 4.79 Å². The lowest BCUT2D eigenvalue weighted by Crippen LogP contribution is -2.22. The minimum Gasteiger partial charge on any atom is -0.397 e. The molecule has 0 aliphatic heterocycles. The van der Waals surface area contributed by atoms with Crippen LogP contribution < -0.4 is 16.4 Å². The molecule has 5 heteroatoms. The second-order valence-corrected chi connectivity index (χ2v) is 4.73. The number of nitrogens with two attached hydrogens (primary N) is 1. The van der Waals surface area contributed by atoms with Crippen LogP contribution >= 0.6 is 0 Å². The molecule has 1 rings (SSSR count). The first-order chi connectivity index (χ1) is 9.69. The van der Waals surface area contributed by atoms with Crippen molar-refractivity contribution in [1.29, 1.82) is 0 Å². The number of hydrogen-bond acceptors (Lipinski definition) is 4. The fourth-order valence-electron chi connectivity index (χ4n) is 1.94. The maximum atomic E-state index is 11.7. The fraction of sp³-hybridized carbons (Fsp3) is 0.533. The van der Waals surface area contributed by atoms with Gasteiger partial charge in [-0.25, -0.2) is 0 Å². The standard InChI is InChI=1S/C15H25N3O2/c1-2-17-15(20)12-7-8-14(13(16)11-12)18-9-5-3-4-6-10-19/h7-8,11,18-19H,2-6,9-10,16H2,1H3,(H,17,20). The minimum atomic E-state index is -0.102. The highest BCUT2D eigenvalue weighted by Gasteiger charge is 2.06. The van der Waals surface area contributed by atoms with E-state index in [1.54, 1.807) is 12.1 Å². The van der Waals surface area contributed by atoms with E-state index >= 15 is 0 Å². The van der Waals surface area contributed by atoms with Gasteiger partial charge in [0.2, 0.25) is 0 Å². The topological polar surface area (TPSA) is 87.4 Å². The first-order valence-electron chi connectivity index (χ1n) is 7.21. The van der Waals surface area contributed by atoms with Crippen molar-refractivity contribution < 1.29 is 9.90 Å². The summed E-state index contributed by atoms with van der Waals surface area (Å²) in [5, 5.41) is 14.7. The number of hydrogen-bond donors (Lipinski definition) is 4. The summed E-state index contributed by atoms with van der Waals surface area (Å²) in [6, 6.07) is 5.31. The molecule has 5 nitrogen and oxygen atoms in total. The molecule has 1 amide bonds. The third kappa shape index (κ3) is 5.48. The van der Waals surface area contributed by atoms with Gasteiger partial charge >= 0.3 is 0 Å². The van der Waals surface area contributed by atoms with Crippen LogP contribution in [0.4, 0.5) is 11.4 Å². The molecule has 112 valence electrons. The Balaban J connectivity index is 2.42. The summed E-state index contributed by atoms with van der Waals surface area (Å²) in [6.07, 6.45) is 4.04. The maximum absolute atomic E-state index is 11.7. The molecule has 0 bridgehead atoms. The number of benzene rings is 1. The Morgan fingerprint density at radius 3 is 2.65 bits per heavy atom. The highest BCUT2D eigenvalue weighted by atomic mass is 16.2. The lowest BCUT2D eigenvalue weighted by molar-refractivity contribution is 0.0956. The Labute approximate surface area is 120 Å². The predicted molar refractivity (Wildman–Crippen MR) is 82.9 cm³/mol.